The van der Waals surface area contributed by atoms with Gasteiger partial charge in [-0.3, -0.25) is 0 Å². The molecule has 3 heterocycles. The average molecular weight is 327 g/mol. The Bertz CT molecular complexity index is 776. The van der Waals surface area contributed by atoms with Gasteiger partial charge in [-0.1, -0.05) is 17.8 Å². The summed E-state index contributed by atoms with van der Waals surface area (Å²) in [6, 6.07) is 6.41. The second-order valence-electron chi connectivity index (χ2n) is 4.82. The molecule has 4 rings (SSSR count). The van der Waals surface area contributed by atoms with Gasteiger partial charge in [0.05, 0.1) is 12.0 Å². The van der Waals surface area contributed by atoms with Gasteiger partial charge in [-0.15, -0.1) is 0 Å². The Balaban J connectivity index is 0.000000485. The van der Waals surface area contributed by atoms with Crippen LogP contribution in [-0.4, -0.2) is 31.2 Å². The summed E-state index contributed by atoms with van der Waals surface area (Å²) in [6.07, 6.45) is 8.99. The van der Waals surface area contributed by atoms with Crippen LogP contribution in [0.15, 0.2) is 59.2 Å². The summed E-state index contributed by atoms with van der Waals surface area (Å²) < 4.78 is 2.05. The van der Waals surface area contributed by atoms with Gasteiger partial charge in [0.2, 0.25) is 0 Å². The maximum atomic E-state index is 7.57. The van der Waals surface area contributed by atoms with Crippen molar-refractivity contribution >= 4 is 23.3 Å². The molecular weight excluding hydrogens is 310 g/mol. The van der Waals surface area contributed by atoms with Crippen molar-refractivity contribution in [2.24, 2.45) is 0 Å². The molecule has 0 radical (unpaired) electrons. The van der Waals surface area contributed by atoms with E-state index in [1.807, 2.05) is 17.1 Å². The molecule has 23 heavy (non-hydrogen) atoms. The lowest BCUT2D eigenvalue weighted by Gasteiger charge is -2.19. The molecule has 0 spiro atoms. The summed E-state index contributed by atoms with van der Waals surface area (Å²) >= 11 is 1.64. The zero-order valence-electron chi connectivity index (χ0n) is 12.7. The molecule has 2 N–H and O–H groups in total. The van der Waals surface area contributed by atoms with Gasteiger partial charge in [0.25, 0.3) is 0 Å². The third-order valence-corrected chi connectivity index (χ3v) is 4.16. The van der Waals surface area contributed by atoms with E-state index in [-0.39, 0.29) is 6.61 Å². The number of nitrogens with zero attached hydrogens (tertiary/aromatic N) is 4. The topological polar surface area (TPSA) is 75.9 Å². The first kappa shape index (κ1) is 15.5. The fourth-order valence-electron chi connectivity index (χ4n) is 2.17. The summed E-state index contributed by atoms with van der Waals surface area (Å²) in [5.74, 6) is 0.824. The Morgan fingerprint density at radius 3 is 2.83 bits per heavy atom. The van der Waals surface area contributed by atoms with Crippen molar-refractivity contribution in [3.8, 4) is 0 Å². The van der Waals surface area contributed by atoms with E-state index in [1.165, 1.54) is 10.5 Å². The molecule has 0 saturated heterocycles. The second-order valence-corrected chi connectivity index (χ2v) is 5.85. The van der Waals surface area contributed by atoms with E-state index in [1.54, 1.807) is 37.3 Å². The summed E-state index contributed by atoms with van der Waals surface area (Å²) in [5, 5.41) is 11.8. The molecule has 1 aliphatic rings. The summed E-state index contributed by atoms with van der Waals surface area (Å²) in [5.41, 5.74) is 2.31. The number of benzene rings is 1. The monoisotopic (exact) mass is 327 g/mol. The van der Waals surface area contributed by atoms with Crippen molar-refractivity contribution in [1.82, 2.24) is 19.5 Å². The molecule has 7 heteroatoms. The standard InChI is InChI=1S/C14H11N5S.C2H6O/c1-2-12-11(7-10(1)8-19-6-5-15-9-19)18-13-14(20-12)17-4-3-16-13;1-2-3/h1-7,9H,8H2,(H,16,18);3H,2H2,1H3. The molecule has 6 nitrogen and oxygen atoms in total. The average Bonchev–Trinajstić information content (AvgIpc) is 3.06. The first-order chi connectivity index (χ1) is 11.3. The number of hydrogen-bond acceptors (Lipinski definition) is 6. The highest BCUT2D eigenvalue weighted by atomic mass is 32.2. The predicted molar refractivity (Wildman–Crippen MR) is 90.0 cm³/mol. The third kappa shape index (κ3) is 3.69. The van der Waals surface area contributed by atoms with Gasteiger partial charge in [0.15, 0.2) is 5.82 Å². The van der Waals surface area contributed by atoms with Crippen LogP contribution >= 0.6 is 11.8 Å². The molecule has 2 aromatic heterocycles. The number of aromatic nitrogens is 4. The molecule has 1 aromatic carbocycles. The lowest BCUT2D eigenvalue weighted by atomic mass is 10.2. The third-order valence-electron chi connectivity index (χ3n) is 3.09. The number of rotatable bonds is 2. The molecule has 1 aliphatic heterocycles. The number of aliphatic hydroxyl groups is 1. The van der Waals surface area contributed by atoms with Crippen LogP contribution in [0.5, 0.6) is 0 Å². The highest BCUT2D eigenvalue weighted by Gasteiger charge is 2.17. The molecule has 0 amide bonds. The predicted octanol–water partition coefficient (Wildman–Crippen LogP) is 2.93. The first-order valence-corrected chi connectivity index (χ1v) is 8.07. The van der Waals surface area contributed by atoms with Gasteiger partial charge in [-0.25, -0.2) is 15.0 Å². The van der Waals surface area contributed by atoms with Crippen LogP contribution in [0.2, 0.25) is 0 Å². The SMILES string of the molecule is CCO.c1cn(Cc2ccc3c(c2)Nc2nccnc2S3)cn1. The maximum absolute atomic E-state index is 7.57. The highest BCUT2D eigenvalue weighted by molar-refractivity contribution is 7.99. The van der Waals surface area contributed by atoms with Crippen molar-refractivity contribution < 1.29 is 5.11 Å². The van der Waals surface area contributed by atoms with Gasteiger partial charge in [-0.05, 0) is 24.6 Å². The molecule has 118 valence electrons. The summed E-state index contributed by atoms with van der Waals surface area (Å²) in [7, 11) is 0. The maximum Gasteiger partial charge on any atom is 0.163 e. The van der Waals surface area contributed by atoms with Crippen LogP contribution in [0, 0.1) is 0 Å². The number of fused-ring (bicyclic) bond motifs is 2. The van der Waals surface area contributed by atoms with Gasteiger partial charge < -0.3 is 15.0 Å². The zero-order valence-corrected chi connectivity index (χ0v) is 13.5. The number of nitrogens with one attached hydrogen (secondary N) is 1. The summed E-state index contributed by atoms with van der Waals surface area (Å²) in [6.45, 7) is 2.74. The highest BCUT2D eigenvalue weighted by Crippen LogP contribution is 2.41. The van der Waals surface area contributed by atoms with Crippen molar-refractivity contribution in [3.05, 3.63) is 54.9 Å². The Kier molecular flexibility index (Phi) is 4.89. The quantitative estimate of drug-likeness (QED) is 0.589. The van der Waals surface area contributed by atoms with Crippen LogP contribution in [0.3, 0.4) is 0 Å². The van der Waals surface area contributed by atoms with Gasteiger partial charge >= 0.3 is 0 Å². The Morgan fingerprint density at radius 1 is 1.22 bits per heavy atom. The molecule has 0 saturated carbocycles. The van der Waals surface area contributed by atoms with E-state index >= 15 is 0 Å². The largest absolute Gasteiger partial charge is 0.397 e. The second kappa shape index (κ2) is 7.26. The van der Waals surface area contributed by atoms with Gasteiger partial charge in [-0.2, -0.15) is 0 Å². The van der Waals surface area contributed by atoms with E-state index in [2.05, 4.69) is 38.5 Å². The van der Waals surface area contributed by atoms with E-state index in [4.69, 9.17) is 5.11 Å². The number of imidazole rings is 1. The Labute approximate surface area is 138 Å². The van der Waals surface area contributed by atoms with Crippen molar-refractivity contribution in [2.45, 2.75) is 23.4 Å². The summed E-state index contributed by atoms with van der Waals surface area (Å²) in [4.78, 5) is 13.9. The minimum absolute atomic E-state index is 0.250. The number of hydrogen-bond donors (Lipinski definition) is 2. The number of anilines is 2. The fraction of sp³-hybridized carbons (Fsp3) is 0.188. The van der Waals surface area contributed by atoms with Crippen LogP contribution in [0.4, 0.5) is 11.5 Å². The Hall–Kier alpha value is -2.38. The van der Waals surface area contributed by atoms with Crippen LogP contribution in [0.1, 0.15) is 12.5 Å². The van der Waals surface area contributed by atoms with E-state index in [0.29, 0.717) is 0 Å². The lowest BCUT2D eigenvalue weighted by molar-refractivity contribution is 0.318. The van der Waals surface area contributed by atoms with Crippen molar-refractivity contribution in [2.75, 3.05) is 11.9 Å². The molecule has 3 aromatic rings. The lowest BCUT2D eigenvalue weighted by Crippen LogP contribution is -2.05. The van der Waals surface area contributed by atoms with E-state index in [9.17, 15) is 0 Å². The fourth-order valence-corrected chi connectivity index (χ4v) is 3.05. The zero-order chi connectivity index (χ0) is 16.1. The Morgan fingerprint density at radius 2 is 2.04 bits per heavy atom. The van der Waals surface area contributed by atoms with Gasteiger partial charge in [0.1, 0.15) is 5.03 Å². The van der Waals surface area contributed by atoms with E-state index in [0.717, 1.165) is 23.1 Å². The molecule has 0 bridgehead atoms. The van der Waals surface area contributed by atoms with Crippen molar-refractivity contribution in [3.63, 3.8) is 0 Å². The molecule has 0 atom stereocenters. The smallest absolute Gasteiger partial charge is 0.163 e. The number of aliphatic hydroxyl groups excluding tert-OH is 1. The van der Waals surface area contributed by atoms with E-state index < -0.39 is 0 Å². The molecular formula is C16H17N5OS. The normalized spacial score (nSPS) is 11.6. The van der Waals surface area contributed by atoms with Crippen LogP contribution in [0.25, 0.3) is 0 Å². The first-order valence-electron chi connectivity index (χ1n) is 7.25. The minimum Gasteiger partial charge on any atom is -0.397 e. The van der Waals surface area contributed by atoms with Crippen molar-refractivity contribution in [1.29, 1.82) is 0 Å². The van der Waals surface area contributed by atoms with Crippen LogP contribution in [-0.2, 0) is 6.54 Å². The molecule has 0 aliphatic carbocycles. The molecule has 0 fully saturated rings. The van der Waals surface area contributed by atoms with Gasteiger partial charge in [0, 0.05) is 42.8 Å². The van der Waals surface area contributed by atoms with Crippen LogP contribution < -0.4 is 5.32 Å². The minimum atomic E-state index is 0.250. The molecule has 0 unspecified atom stereocenters.